The lowest BCUT2D eigenvalue weighted by Crippen LogP contribution is -2.29. The second kappa shape index (κ2) is 7.68. The van der Waals surface area contributed by atoms with Crippen LogP contribution in [0.2, 0.25) is 0 Å². The Balaban J connectivity index is 1.82. The molecule has 118 valence electrons. The molecule has 23 heavy (non-hydrogen) atoms. The molecule has 1 amide bonds. The zero-order chi connectivity index (χ0) is 15.9. The molecule has 0 bridgehead atoms. The third-order valence-corrected chi connectivity index (χ3v) is 4.25. The molecule has 4 heteroatoms. The van der Waals surface area contributed by atoms with E-state index in [1.54, 1.807) is 12.4 Å². The molecular weight excluding hydrogens is 286 g/mol. The van der Waals surface area contributed by atoms with Crippen molar-refractivity contribution in [2.75, 3.05) is 0 Å². The smallest absolute Gasteiger partial charge is 0.243 e. The summed E-state index contributed by atoms with van der Waals surface area (Å²) < 4.78 is 0. The minimum Gasteiger partial charge on any atom is -0.273 e. The van der Waals surface area contributed by atoms with Crippen LogP contribution in [0.3, 0.4) is 0 Å². The third-order valence-electron chi connectivity index (χ3n) is 4.25. The molecule has 1 aliphatic carbocycles. The molecule has 0 aliphatic heterocycles. The average molecular weight is 307 g/mol. The van der Waals surface area contributed by atoms with E-state index in [0.717, 1.165) is 42.5 Å². The van der Waals surface area contributed by atoms with E-state index >= 15 is 0 Å². The fourth-order valence-electron chi connectivity index (χ4n) is 2.97. The van der Waals surface area contributed by atoms with E-state index in [9.17, 15) is 4.79 Å². The highest BCUT2D eigenvalue weighted by molar-refractivity contribution is 6.13. The predicted molar refractivity (Wildman–Crippen MR) is 91.0 cm³/mol. The predicted octanol–water partition coefficient (Wildman–Crippen LogP) is 3.53. The second-order valence-corrected chi connectivity index (χ2v) is 5.87. The van der Waals surface area contributed by atoms with Crippen LogP contribution in [0.5, 0.6) is 0 Å². The lowest BCUT2D eigenvalue weighted by Gasteiger charge is -2.19. The van der Waals surface area contributed by atoms with Crippen molar-refractivity contribution in [2.24, 2.45) is 11.0 Å². The first-order chi connectivity index (χ1) is 11.3. The summed E-state index contributed by atoms with van der Waals surface area (Å²) in [7, 11) is 0. The van der Waals surface area contributed by atoms with Gasteiger partial charge in [0.25, 0.3) is 0 Å². The fraction of sp³-hybridized carbons (Fsp3) is 0.316. The maximum absolute atomic E-state index is 12.3. The summed E-state index contributed by atoms with van der Waals surface area (Å²) in [5.74, 6) is 0.133. The molecule has 1 fully saturated rings. The number of hydrazone groups is 1. The number of carbonyl (C=O) groups is 1. The Morgan fingerprint density at radius 1 is 0.957 bits per heavy atom. The topological polar surface area (TPSA) is 54.4 Å². The van der Waals surface area contributed by atoms with Crippen LogP contribution in [0.15, 0.2) is 60.0 Å². The Labute approximate surface area is 136 Å². The number of hydrogen-bond acceptors (Lipinski definition) is 3. The average Bonchev–Trinajstić information content (AvgIpc) is 2.64. The standard InChI is InChI=1S/C19H21N3O/c23-19(17-9-5-2-6-10-17)22-21-18(15-7-3-1-4-8-15)16-11-13-20-14-12-16/h1,3-4,7-8,11-14,17H,2,5-6,9-10H2,(H,22,23). The number of amides is 1. The van der Waals surface area contributed by atoms with E-state index in [4.69, 9.17) is 0 Å². The Morgan fingerprint density at radius 2 is 1.61 bits per heavy atom. The zero-order valence-corrected chi connectivity index (χ0v) is 13.1. The van der Waals surface area contributed by atoms with Crippen molar-refractivity contribution in [2.45, 2.75) is 32.1 Å². The van der Waals surface area contributed by atoms with Gasteiger partial charge in [-0.15, -0.1) is 0 Å². The summed E-state index contributed by atoms with van der Waals surface area (Å²) >= 11 is 0. The summed E-state index contributed by atoms with van der Waals surface area (Å²) in [5, 5.41) is 4.43. The van der Waals surface area contributed by atoms with Crippen molar-refractivity contribution in [3.05, 3.63) is 66.0 Å². The number of aromatic nitrogens is 1. The van der Waals surface area contributed by atoms with Crippen LogP contribution in [0.25, 0.3) is 0 Å². The van der Waals surface area contributed by atoms with Gasteiger partial charge in [-0.3, -0.25) is 9.78 Å². The maximum atomic E-state index is 12.3. The Kier molecular flexibility index (Phi) is 5.14. The quantitative estimate of drug-likeness (QED) is 0.694. The Hall–Kier alpha value is -2.49. The van der Waals surface area contributed by atoms with Gasteiger partial charge >= 0.3 is 0 Å². The molecule has 0 atom stereocenters. The molecule has 1 aromatic carbocycles. The monoisotopic (exact) mass is 307 g/mol. The van der Waals surface area contributed by atoms with Crippen molar-refractivity contribution in [3.63, 3.8) is 0 Å². The van der Waals surface area contributed by atoms with Crippen molar-refractivity contribution >= 4 is 11.6 Å². The van der Waals surface area contributed by atoms with Gasteiger partial charge < -0.3 is 0 Å². The Morgan fingerprint density at radius 3 is 2.30 bits per heavy atom. The van der Waals surface area contributed by atoms with Gasteiger partial charge in [-0.2, -0.15) is 5.10 Å². The molecule has 1 saturated carbocycles. The molecule has 2 aromatic rings. The molecule has 4 nitrogen and oxygen atoms in total. The van der Waals surface area contributed by atoms with Crippen molar-refractivity contribution in [3.8, 4) is 0 Å². The van der Waals surface area contributed by atoms with Gasteiger partial charge in [0, 0.05) is 29.4 Å². The number of pyridine rings is 1. The van der Waals surface area contributed by atoms with Crippen LogP contribution in [-0.2, 0) is 4.79 Å². The summed E-state index contributed by atoms with van der Waals surface area (Å²) in [6, 6.07) is 13.7. The SMILES string of the molecule is O=C(NN=C(c1ccccc1)c1ccncc1)C1CCCCC1. The molecule has 1 aromatic heterocycles. The van der Waals surface area contributed by atoms with Gasteiger partial charge in [0.2, 0.25) is 5.91 Å². The molecule has 3 rings (SSSR count). The summed E-state index contributed by atoms with van der Waals surface area (Å²) in [6.45, 7) is 0. The minimum atomic E-state index is 0.0344. The molecule has 0 radical (unpaired) electrons. The van der Waals surface area contributed by atoms with Crippen LogP contribution < -0.4 is 5.43 Å². The van der Waals surface area contributed by atoms with Gasteiger partial charge in [-0.25, -0.2) is 5.43 Å². The van der Waals surface area contributed by atoms with E-state index in [0.29, 0.717) is 0 Å². The van der Waals surface area contributed by atoms with E-state index in [2.05, 4.69) is 15.5 Å². The second-order valence-electron chi connectivity index (χ2n) is 5.87. The minimum absolute atomic E-state index is 0.0344. The van der Waals surface area contributed by atoms with Crippen molar-refractivity contribution in [1.82, 2.24) is 10.4 Å². The number of nitrogens with zero attached hydrogens (tertiary/aromatic N) is 2. The highest BCUT2D eigenvalue weighted by Crippen LogP contribution is 2.23. The first kappa shape index (κ1) is 15.4. The number of rotatable bonds is 4. The van der Waals surface area contributed by atoms with E-state index in [1.165, 1.54) is 6.42 Å². The number of carbonyl (C=O) groups excluding carboxylic acids is 1. The van der Waals surface area contributed by atoms with Crippen LogP contribution in [0.4, 0.5) is 0 Å². The molecule has 1 N–H and O–H groups in total. The number of nitrogens with one attached hydrogen (secondary N) is 1. The molecule has 1 aliphatic rings. The normalized spacial score (nSPS) is 16.1. The molecular formula is C19H21N3O. The van der Waals surface area contributed by atoms with E-state index in [1.807, 2.05) is 42.5 Å². The van der Waals surface area contributed by atoms with E-state index in [-0.39, 0.29) is 11.8 Å². The maximum Gasteiger partial charge on any atom is 0.243 e. The molecule has 0 spiro atoms. The highest BCUT2D eigenvalue weighted by Gasteiger charge is 2.21. The molecule has 1 heterocycles. The first-order valence-corrected chi connectivity index (χ1v) is 8.18. The zero-order valence-electron chi connectivity index (χ0n) is 13.1. The van der Waals surface area contributed by atoms with Crippen molar-refractivity contribution < 1.29 is 4.79 Å². The fourth-order valence-corrected chi connectivity index (χ4v) is 2.97. The third kappa shape index (κ3) is 4.03. The van der Waals surface area contributed by atoms with Crippen molar-refractivity contribution in [1.29, 1.82) is 0 Å². The largest absolute Gasteiger partial charge is 0.273 e. The van der Waals surface area contributed by atoms with Gasteiger partial charge in [0.15, 0.2) is 0 Å². The molecule has 0 unspecified atom stereocenters. The summed E-state index contributed by atoms with van der Waals surface area (Å²) in [4.78, 5) is 16.4. The van der Waals surface area contributed by atoms with Crippen LogP contribution in [0, 0.1) is 5.92 Å². The van der Waals surface area contributed by atoms with Gasteiger partial charge in [-0.1, -0.05) is 49.6 Å². The number of hydrogen-bond donors (Lipinski definition) is 1. The Bertz CT molecular complexity index is 620. The highest BCUT2D eigenvalue weighted by atomic mass is 16.2. The summed E-state index contributed by atoms with van der Waals surface area (Å²) in [6.07, 6.45) is 8.91. The van der Waals surface area contributed by atoms with Crippen LogP contribution in [0.1, 0.15) is 43.2 Å². The van der Waals surface area contributed by atoms with Gasteiger partial charge in [0.05, 0.1) is 5.71 Å². The van der Waals surface area contributed by atoms with E-state index < -0.39 is 0 Å². The lowest BCUT2D eigenvalue weighted by molar-refractivity contribution is -0.125. The van der Waals surface area contributed by atoms with Crippen LogP contribution in [-0.4, -0.2) is 16.6 Å². The number of benzene rings is 1. The van der Waals surface area contributed by atoms with Gasteiger partial charge in [0.1, 0.15) is 0 Å². The lowest BCUT2D eigenvalue weighted by atomic mass is 9.89. The first-order valence-electron chi connectivity index (χ1n) is 8.18. The summed E-state index contributed by atoms with van der Waals surface area (Å²) in [5.41, 5.74) is 5.45. The van der Waals surface area contributed by atoms with Gasteiger partial charge in [-0.05, 0) is 25.0 Å². The molecule has 0 saturated heterocycles. The van der Waals surface area contributed by atoms with Crippen LogP contribution >= 0.6 is 0 Å².